The van der Waals surface area contributed by atoms with Crippen LogP contribution in [0.5, 0.6) is 0 Å². The lowest BCUT2D eigenvalue weighted by atomic mass is 10.2. The van der Waals surface area contributed by atoms with Gasteiger partial charge >= 0.3 is 0 Å². The first-order valence-corrected chi connectivity index (χ1v) is 6.40. The van der Waals surface area contributed by atoms with E-state index >= 15 is 0 Å². The minimum atomic E-state index is -2.24. The first-order valence-electron chi connectivity index (χ1n) is 4.89. The van der Waals surface area contributed by atoms with Crippen LogP contribution >= 0.6 is 0 Å². The summed E-state index contributed by atoms with van der Waals surface area (Å²) in [5.41, 5.74) is 0. The van der Waals surface area contributed by atoms with E-state index in [9.17, 15) is 4.21 Å². The highest BCUT2D eigenvalue weighted by molar-refractivity contribution is 7.90. The van der Waals surface area contributed by atoms with Crippen LogP contribution in [0.15, 0.2) is 4.36 Å². The highest BCUT2D eigenvalue weighted by Crippen LogP contribution is 2.06. The Morgan fingerprint density at radius 3 is 2.62 bits per heavy atom. The summed E-state index contributed by atoms with van der Waals surface area (Å²) in [6.45, 7) is 6.79. The van der Waals surface area contributed by atoms with Gasteiger partial charge in [-0.25, -0.2) is 18.0 Å². The molecule has 0 saturated heterocycles. The molecule has 0 fully saturated rings. The molecule has 0 bridgehead atoms. The van der Waals surface area contributed by atoms with Crippen LogP contribution in [-0.2, 0) is 10.1 Å². The van der Waals surface area contributed by atoms with E-state index in [2.05, 4.69) is 20.7 Å². The molecule has 1 aliphatic heterocycles. The second kappa shape index (κ2) is 6.34. The molecule has 1 rings (SSSR count). The third kappa shape index (κ3) is 4.06. The number of rotatable bonds is 3. The maximum absolute atomic E-state index is 11.5. The predicted molar refractivity (Wildman–Crippen MR) is 57.7 cm³/mol. The van der Waals surface area contributed by atoms with Crippen LogP contribution in [0.3, 0.4) is 0 Å². The van der Waals surface area contributed by atoms with Crippen LogP contribution in [0, 0.1) is 0 Å². The molecule has 80 valence electrons. The molecule has 0 aromatic carbocycles. The molecule has 0 aromatic heterocycles. The average molecular weight is 207 g/mol. The van der Waals surface area contributed by atoms with E-state index in [-0.39, 0.29) is 0 Å². The Morgan fingerprint density at radius 2 is 2.23 bits per heavy atom. The van der Waals surface area contributed by atoms with Crippen LogP contribution in [0.1, 0.15) is 33.6 Å². The maximum atomic E-state index is 11.5. The summed E-state index contributed by atoms with van der Waals surface area (Å²) in [6, 6.07) is 0.306. The van der Waals surface area contributed by atoms with Gasteiger partial charge in [-0.05, 0) is 13.5 Å². The molecule has 0 aromatic rings. The Balaban J connectivity index is 0.000000671. The highest BCUT2D eigenvalue weighted by atomic mass is 32.2. The summed E-state index contributed by atoms with van der Waals surface area (Å²) < 4.78 is 21.1. The molecule has 0 amide bonds. The van der Waals surface area contributed by atoms with Crippen molar-refractivity contribution in [3.63, 3.8) is 0 Å². The van der Waals surface area contributed by atoms with Gasteiger partial charge < -0.3 is 0 Å². The quantitative estimate of drug-likeness (QED) is 0.720. The van der Waals surface area contributed by atoms with Crippen molar-refractivity contribution in [2.45, 2.75) is 39.7 Å². The van der Waals surface area contributed by atoms with E-state index in [1.807, 2.05) is 13.8 Å². The zero-order valence-corrected chi connectivity index (χ0v) is 9.78. The molecule has 1 aliphatic rings. The van der Waals surface area contributed by atoms with Gasteiger partial charge in [-0.15, -0.1) is 0 Å². The van der Waals surface area contributed by atoms with Gasteiger partial charge in [0.05, 0.1) is 6.54 Å². The molecule has 0 aliphatic carbocycles. The fourth-order valence-electron chi connectivity index (χ4n) is 1.12. The summed E-state index contributed by atoms with van der Waals surface area (Å²) in [4.78, 5) is 0. The molecule has 0 spiro atoms. The second-order valence-corrected chi connectivity index (χ2v) is 4.60. The third-order valence-electron chi connectivity index (χ3n) is 1.72. The lowest BCUT2D eigenvalue weighted by molar-refractivity contribution is 0.587. The second-order valence-electron chi connectivity index (χ2n) is 2.65. The van der Waals surface area contributed by atoms with E-state index < -0.39 is 10.1 Å². The fourth-order valence-corrected chi connectivity index (χ4v) is 2.47. The standard InChI is InChI=1S/C6H15N3OS.C2H6/c1-3-4-6-5-8-11(10,7-2)9-6;1-2/h6H,3-5H2,1-2H3,(H2,7,8,9,10);1-2H3. The molecule has 0 radical (unpaired) electrons. The molecular formula is C8H21N3OS. The summed E-state index contributed by atoms with van der Waals surface area (Å²) in [6.07, 6.45) is 2.15. The summed E-state index contributed by atoms with van der Waals surface area (Å²) in [5.74, 6) is 0. The summed E-state index contributed by atoms with van der Waals surface area (Å²) in [7, 11) is -0.578. The Kier molecular flexibility index (Phi) is 6.28. The van der Waals surface area contributed by atoms with E-state index in [0.29, 0.717) is 12.6 Å². The molecule has 2 N–H and O–H groups in total. The molecule has 13 heavy (non-hydrogen) atoms. The number of hydrogen-bond acceptors (Lipinski definition) is 2. The Morgan fingerprint density at radius 1 is 1.62 bits per heavy atom. The van der Waals surface area contributed by atoms with Gasteiger partial charge in [-0.3, -0.25) is 0 Å². The van der Waals surface area contributed by atoms with Gasteiger partial charge in [0.25, 0.3) is 0 Å². The fraction of sp³-hybridized carbons (Fsp3) is 1.00. The molecular weight excluding hydrogens is 186 g/mol. The van der Waals surface area contributed by atoms with Gasteiger partial charge in [-0.1, -0.05) is 27.2 Å². The molecule has 0 saturated carbocycles. The number of hydrogen-bond donors (Lipinski definition) is 2. The third-order valence-corrected chi connectivity index (χ3v) is 3.44. The van der Waals surface area contributed by atoms with Crippen molar-refractivity contribution < 1.29 is 4.21 Å². The van der Waals surface area contributed by atoms with E-state index in [1.165, 1.54) is 0 Å². The zero-order chi connectivity index (χ0) is 10.3. The van der Waals surface area contributed by atoms with Crippen molar-refractivity contribution in [3.05, 3.63) is 0 Å². The van der Waals surface area contributed by atoms with Gasteiger partial charge in [0.15, 0.2) is 10.1 Å². The van der Waals surface area contributed by atoms with Gasteiger partial charge in [0.1, 0.15) is 0 Å². The lowest BCUT2D eigenvalue weighted by Crippen LogP contribution is -2.36. The predicted octanol–water partition coefficient (Wildman–Crippen LogP) is 1.30. The van der Waals surface area contributed by atoms with Crippen molar-refractivity contribution in [3.8, 4) is 0 Å². The van der Waals surface area contributed by atoms with Crippen molar-refractivity contribution in [2.24, 2.45) is 4.36 Å². The molecule has 1 heterocycles. The molecule has 2 unspecified atom stereocenters. The minimum absolute atomic E-state index is 0.306. The summed E-state index contributed by atoms with van der Waals surface area (Å²) >= 11 is 0. The molecule has 4 nitrogen and oxygen atoms in total. The van der Waals surface area contributed by atoms with Crippen molar-refractivity contribution in [1.82, 2.24) is 9.44 Å². The van der Waals surface area contributed by atoms with Gasteiger partial charge in [-0.2, -0.15) is 0 Å². The summed E-state index contributed by atoms with van der Waals surface area (Å²) in [5, 5.41) is 0. The van der Waals surface area contributed by atoms with E-state index in [1.54, 1.807) is 7.05 Å². The first-order chi connectivity index (χ1) is 6.20. The zero-order valence-electron chi connectivity index (χ0n) is 8.96. The van der Waals surface area contributed by atoms with Crippen molar-refractivity contribution >= 4 is 10.1 Å². The normalized spacial score (nSPS) is 31.8. The maximum Gasteiger partial charge on any atom is 0.172 e. The Bertz CT molecular complexity index is 234. The monoisotopic (exact) mass is 207 g/mol. The Hall–Kier alpha value is -0.130. The minimum Gasteiger partial charge on any atom is -0.222 e. The smallest absolute Gasteiger partial charge is 0.172 e. The van der Waals surface area contributed by atoms with Gasteiger partial charge in [0, 0.05) is 6.04 Å². The number of nitrogens with one attached hydrogen (secondary N) is 2. The van der Waals surface area contributed by atoms with Crippen LogP contribution in [0.4, 0.5) is 0 Å². The van der Waals surface area contributed by atoms with E-state index in [0.717, 1.165) is 12.8 Å². The topological polar surface area (TPSA) is 53.5 Å². The average Bonchev–Trinajstić information content (AvgIpc) is 2.53. The lowest BCUT2D eigenvalue weighted by Gasteiger charge is -2.08. The Labute approximate surface area is 81.9 Å². The van der Waals surface area contributed by atoms with Crippen LogP contribution in [0.25, 0.3) is 0 Å². The van der Waals surface area contributed by atoms with Crippen LogP contribution in [-0.4, -0.2) is 23.8 Å². The van der Waals surface area contributed by atoms with Crippen LogP contribution < -0.4 is 9.44 Å². The highest BCUT2D eigenvalue weighted by Gasteiger charge is 2.20. The SMILES string of the molecule is CC.CCCC1CN=S(=O)(NC)N1. The van der Waals surface area contributed by atoms with E-state index in [4.69, 9.17) is 0 Å². The largest absolute Gasteiger partial charge is 0.222 e. The van der Waals surface area contributed by atoms with Crippen molar-refractivity contribution in [2.75, 3.05) is 13.6 Å². The molecule has 5 heteroatoms. The van der Waals surface area contributed by atoms with Gasteiger partial charge in [0.2, 0.25) is 0 Å². The first kappa shape index (κ1) is 12.9. The van der Waals surface area contributed by atoms with Crippen LogP contribution in [0.2, 0.25) is 0 Å². The molecule has 2 atom stereocenters. The van der Waals surface area contributed by atoms with Crippen molar-refractivity contribution in [1.29, 1.82) is 0 Å². The number of nitrogens with zero attached hydrogens (tertiary/aromatic N) is 1.